The van der Waals surface area contributed by atoms with Crippen LogP contribution >= 0.6 is 0 Å². The Labute approximate surface area is 167 Å². The standard InChI is InChI=1S/C21H33N3O4/c1-6-7-10-17(23-20(26)18-13(2)12-14(3)24(18)4)19(25)22-16-11-8-9-15(16)21(27)28-5/h12,15-17H,6-11H2,1-5H3,(H,22,25)(H,23,26)/t15-,16+,17+/m1/s1. The number of methoxy groups -OCH3 is 1. The van der Waals surface area contributed by atoms with Crippen LogP contribution in [0.15, 0.2) is 6.07 Å². The van der Waals surface area contributed by atoms with Crippen LogP contribution in [0.5, 0.6) is 0 Å². The average Bonchev–Trinajstić information content (AvgIpc) is 3.21. The summed E-state index contributed by atoms with van der Waals surface area (Å²) < 4.78 is 6.70. The Hall–Kier alpha value is -2.31. The topological polar surface area (TPSA) is 89.4 Å². The predicted molar refractivity (Wildman–Crippen MR) is 107 cm³/mol. The van der Waals surface area contributed by atoms with Gasteiger partial charge in [0.1, 0.15) is 11.7 Å². The predicted octanol–water partition coefficient (Wildman–Crippen LogP) is 2.39. The number of aryl methyl sites for hydroxylation is 2. The van der Waals surface area contributed by atoms with Gasteiger partial charge in [0, 0.05) is 18.8 Å². The van der Waals surface area contributed by atoms with Gasteiger partial charge in [-0.2, -0.15) is 0 Å². The Morgan fingerprint density at radius 2 is 2.00 bits per heavy atom. The first-order valence-electron chi connectivity index (χ1n) is 10.1. The summed E-state index contributed by atoms with van der Waals surface area (Å²) in [6, 6.07) is 1.09. The molecule has 1 aromatic rings. The number of carbonyl (C=O) groups is 3. The minimum atomic E-state index is -0.624. The van der Waals surface area contributed by atoms with E-state index in [-0.39, 0.29) is 29.7 Å². The number of esters is 1. The maximum absolute atomic E-state index is 12.9. The van der Waals surface area contributed by atoms with Crippen molar-refractivity contribution < 1.29 is 19.1 Å². The van der Waals surface area contributed by atoms with E-state index in [0.29, 0.717) is 18.5 Å². The van der Waals surface area contributed by atoms with Gasteiger partial charge in [-0.3, -0.25) is 14.4 Å². The fourth-order valence-electron chi connectivity index (χ4n) is 4.00. The largest absolute Gasteiger partial charge is 0.469 e. The highest BCUT2D eigenvalue weighted by Gasteiger charge is 2.36. The van der Waals surface area contributed by atoms with Crippen molar-refractivity contribution in [3.63, 3.8) is 0 Å². The zero-order valence-electron chi connectivity index (χ0n) is 17.6. The summed E-state index contributed by atoms with van der Waals surface area (Å²) >= 11 is 0. The number of unbranched alkanes of at least 4 members (excludes halogenated alkanes) is 1. The molecular formula is C21H33N3O4. The van der Waals surface area contributed by atoms with E-state index in [0.717, 1.165) is 36.9 Å². The zero-order valence-corrected chi connectivity index (χ0v) is 17.6. The number of rotatable bonds is 8. The SMILES string of the molecule is CCCC[C@H](NC(=O)c1c(C)cc(C)n1C)C(=O)N[C@H]1CCC[C@H]1C(=O)OC. The van der Waals surface area contributed by atoms with Crippen LogP contribution in [-0.2, 0) is 21.4 Å². The van der Waals surface area contributed by atoms with Crippen LogP contribution < -0.4 is 10.6 Å². The second kappa shape index (κ2) is 9.75. The van der Waals surface area contributed by atoms with Gasteiger partial charge in [0.05, 0.1) is 13.0 Å². The lowest BCUT2D eigenvalue weighted by Crippen LogP contribution is -2.51. The molecule has 7 nitrogen and oxygen atoms in total. The number of aromatic nitrogens is 1. The third kappa shape index (κ3) is 4.94. The van der Waals surface area contributed by atoms with Gasteiger partial charge < -0.3 is 19.9 Å². The van der Waals surface area contributed by atoms with Crippen molar-refractivity contribution in [1.29, 1.82) is 0 Å². The Bertz CT molecular complexity index is 725. The number of hydrogen-bond donors (Lipinski definition) is 2. The second-order valence-electron chi connectivity index (χ2n) is 7.72. The van der Waals surface area contributed by atoms with E-state index in [1.54, 1.807) is 0 Å². The van der Waals surface area contributed by atoms with Gasteiger partial charge in [0.15, 0.2) is 0 Å². The molecule has 0 saturated heterocycles. The molecule has 1 heterocycles. The highest BCUT2D eigenvalue weighted by Crippen LogP contribution is 2.27. The second-order valence-corrected chi connectivity index (χ2v) is 7.72. The van der Waals surface area contributed by atoms with Gasteiger partial charge in [0.2, 0.25) is 5.91 Å². The molecule has 0 aromatic carbocycles. The van der Waals surface area contributed by atoms with Crippen LogP contribution in [0.1, 0.15) is 67.2 Å². The summed E-state index contributed by atoms with van der Waals surface area (Å²) in [5.74, 6) is -1.08. The smallest absolute Gasteiger partial charge is 0.310 e. The number of amides is 2. The number of nitrogens with one attached hydrogen (secondary N) is 2. The molecule has 28 heavy (non-hydrogen) atoms. The molecule has 0 unspecified atom stereocenters. The van der Waals surface area contributed by atoms with E-state index in [1.165, 1.54) is 7.11 Å². The molecule has 1 fully saturated rings. The van der Waals surface area contributed by atoms with Crippen molar-refractivity contribution in [1.82, 2.24) is 15.2 Å². The number of nitrogens with zero attached hydrogens (tertiary/aromatic N) is 1. The summed E-state index contributed by atoms with van der Waals surface area (Å²) in [5.41, 5.74) is 2.44. The van der Waals surface area contributed by atoms with E-state index in [9.17, 15) is 14.4 Å². The maximum atomic E-state index is 12.9. The fraction of sp³-hybridized carbons (Fsp3) is 0.667. The van der Waals surface area contributed by atoms with Crippen molar-refractivity contribution in [2.75, 3.05) is 7.11 Å². The summed E-state index contributed by atoms with van der Waals surface area (Å²) in [6.07, 6.45) is 4.65. The number of hydrogen-bond acceptors (Lipinski definition) is 4. The first-order chi connectivity index (χ1) is 13.3. The summed E-state index contributed by atoms with van der Waals surface area (Å²) in [7, 11) is 3.21. The molecule has 1 aliphatic rings. The Morgan fingerprint density at radius 3 is 2.57 bits per heavy atom. The first-order valence-corrected chi connectivity index (χ1v) is 10.1. The van der Waals surface area contributed by atoms with Crippen LogP contribution in [0, 0.1) is 19.8 Å². The van der Waals surface area contributed by atoms with Gasteiger partial charge in [-0.15, -0.1) is 0 Å². The quantitative estimate of drug-likeness (QED) is 0.666. The third-order valence-electron chi connectivity index (χ3n) is 5.69. The van der Waals surface area contributed by atoms with Crippen LogP contribution in [0.4, 0.5) is 0 Å². The van der Waals surface area contributed by atoms with E-state index in [1.807, 2.05) is 38.5 Å². The van der Waals surface area contributed by atoms with E-state index in [4.69, 9.17) is 4.74 Å². The first kappa shape index (κ1) is 22.0. The zero-order chi connectivity index (χ0) is 20.8. The van der Waals surface area contributed by atoms with Crippen molar-refractivity contribution in [3.8, 4) is 0 Å². The third-order valence-corrected chi connectivity index (χ3v) is 5.69. The molecule has 1 aliphatic carbocycles. The van der Waals surface area contributed by atoms with Crippen molar-refractivity contribution in [3.05, 3.63) is 23.0 Å². The molecule has 0 aliphatic heterocycles. The van der Waals surface area contributed by atoms with Crippen LogP contribution in [0.3, 0.4) is 0 Å². The lowest BCUT2D eigenvalue weighted by molar-refractivity contribution is -0.146. The summed E-state index contributed by atoms with van der Waals surface area (Å²) in [4.78, 5) is 37.7. The average molecular weight is 392 g/mol. The lowest BCUT2D eigenvalue weighted by atomic mass is 10.0. The number of carbonyl (C=O) groups excluding carboxylic acids is 3. The highest BCUT2D eigenvalue weighted by atomic mass is 16.5. The Morgan fingerprint density at radius 1 is 1.29 bits per heavy atom. The van der Waals surface area contributed by atoms with Crippen LogP contribution in [0.25, 0.3) is 0 Å². The lowest BCUT2D eigenvalue weighted by Gasteiger charge is -2.24. The minimum Gasteiger partial charge on any atom is -0.469 e. The van der Waals surface area contributed by atoms with Crippen molar-refractivity contribution in [2.45, 2.75) is 71.4 Å². The van der Waals surface area contributed by atoms with E-state index < -0.39 is 6.04 Å². The molecule has 0 bridgehead atoms. The van der Waals surface area contributed by atoms with E-state index >= 15 is 0 Å². The minimum absolute atomic E-state index is 0.230. The van der Waals surface area contributed by atoms with Crippen molar-refractivity contribution in [2.24, 2.45) is 13.0 Å². The molecule has 1 saturated carbocycles. The Balaban J connectivity index is 2.10. The van der Waals surface area contributed by atoms with Gasteiger partial charge in [-0.25, -0.2) is 0 Å². The van der Waals surface area contributed by atoms with Gasteiger partial charge >= 0.3 is 5.97 Å². The molecule has 0 radical (unpaired) electrons. The molecule has 2 N–H and O–H groups in total. The number of ether oxygens (including phenoxy) is 1. The molecular weight excluding hydrogens is 358 g/mol. The maximum Gasteiger partial charge on any atom is 0.310 e. The normalized spacial score (nSPS) is 19.9. The van der Waals surface area contributed by atoms with Crippen LogP contribution in [-0.4, -0.2) is 41.5 Å². The molecule has 1 aromatic heterocycles. The van der Waals surface area contributed by atoms with E-state index in [2.05, 4.69) is 10.6 Å². The molecule has 7 heteroatoms. The molecule has 2 amide bonds. The van der Waals surface area contributed by atoms with Crippen molar-refractivity contribution >= 4 is 17.8 Å². The molecule has 0 spiro atoms. The van der Waals surface area contributed by atoms with Crippen LogP contribution in [0.2, 0.25) is 0 Å². The molecule has 156 valence electrons. The van der Waals surface area contributed by atoms with Gasteiger partial charge in [-0.05, 0) is 44.7 Å². The summed E-state index contributed by atoms with van der Waals surface area (Å²) in [5, 5.41) is 5.89. The van der Waals surface area contributed by atoms with Gasteiger partial charge in [0.25, 0.3) is 5.91 Å². The summed E-state index contributed by atoms with van der Waals surface area (Å²) in [6.45, 7) is 5.88. The monoisotopic (exact) mass is 391 g/mol. The fourth-order valence-corrected chi connectivity index (χ4v) is 4.00. The van der Waals surface area contributed by atoms with Gasteiger partial charge in [-0.1, -0.05) is 26.2 Å². The molecule has 2 rings (SSSR count). The molecule has 3 atom stereocenters. The Kier molecular flexibility index (Phi) is 7.66. The highest BCUT2D eigenvalue weighted by molar-refractivity contribution is 5.97.